The van der Waals surface area contributed by atoms with Crippen LogP contribution in [-0.4, -0.2) is 39.8 Å². The molecule has 1 rings (SSSR count). The predicted octanol–water partition coefficient (Wildman–Crippen LogP) is 1.45. The molecular formula is C13H22N2O2. The Labute approximate surface area is 103 Å². The summed E-state index contributed by atoms with van der Waals surface area (Å²) >= 11 is 0. The van der Waals surface area contributed by atoms with Crippen LogP contribution in [0.2, 0.25) is 0 Å². The van der Waals surface area contributed by atoms with Crippen LogP contribution in [0.1, 0.15) is 11.1 Å². The second-order valence-electron chi connectivity index (χ2n) is 4.22. The molecule has 4 heteroatoms. The maximum atomic E-state index is 5.32. The number of benzene rings is 1. The Kier molecular flexibility index (Phi) is 5.97. The molecule has 0 atom stereocenters. The van der Waals surface area contributed by atoms with Gasteiger partial charge < -0.3 is 14.5 Å². The summed E-state index contributed by atoms with van der Waals surface area (Å²) in [6.07, 6.45) is 1.04. The molecule has 0 saturated carbocycles. The average Bonchev–Trinajstić information content (AvgIpc) is 2.33. The van der Waals surface area contributed by atoms with Crippen molar-refractivity contribution >= 4 is 0 Å². The topological polar surface area (TPSA) is 33.7 Å². The molecule has 0 bridgehead atoms. The third-order valence-electron chi connectivity index (χ3n) is 2.60. The fourth-order valence-corrected chi connectivity index (χ4v) is 1.63. The zero-order valence-electron chi connectivity index (χ0n) is 11.1. The van der Waals surface area contributed by atoms with E-state index in [9.17, 15) is 0 Å². The zero-order valence-corrected chi connectivity index (χ0v) is 11.1. The minimum Gasteiger partial charge on any atom is -0.496 e. The van der Waals surface area contributed by atoms with Gasteiger partial charge in [-0.2, -0.15) is 5.48 Å². The molecule has 96 valence electrons. The second-order valence-corrected chi connectivity index (χ2v) is 4.22. The quantitative estimate of drug-likeness (QED) is 0.729. The fraction of sp³-hybridized carbons (Fsp3) is 0.538. The van der Waals surface area contributed by atoms with Crippen LogP contribution < -0.4 is 10.2 Å². The summed E-state index contributed by atoms with van der Waals surface area (Å²) in [5, 5.41) is 0. The third kappa shape index (κ3) is 4.73. The van der Waals surface area contributed by atoms with Gasteiger partial charge in [0.25, 0.3) is 0 Å². The van der Waals surface area contributed by atoms with Gasteiger partial charge in [0, 0.05) is 18.7 Å². The lowest BCUT2D eigenvalue weighted by Crippen LogP contribution is -2.16. The fourth-order valence-electron chi connectivity index (χ4n) is 1.63. The van der Waals surface area contributed by atoms with E-state index in [0.717, 1.165) is 24.3 Å². The number of likely N-dealkylation sites (N-methyl/N-ethyl adjacent to an activating group) is 1. The lowest BCUT2D eigenvalue weighted by Gasteiger charge is -2.13. The van der Waals surface area contributed by atoms with Crippen molar-refractivity contribution in [3.63, 3.8) is 0 Å². The Morgan fingerprint density at radius 2 is 2.00 bits per heavy atom. The van der Waals surface area contributed by atoms with E-state index in [4.69, 9.17) is 9.57 Å². The molecule has 17 heavy (non-hydrogen) atoms. The molecule has 0 aliphatic rings. The van der Waals surface area contributed by atoms with Crippen molar-refractivity contribution in [2.24, 2.45) is 0 Å². The van der Waals surface area contributed by atoms with Crippen LogP contribution in [0.25, 0.3) is 0 Å². The Bertz CT molecular complexity index is 340. The number of ether oxygens (including phenoxy) is 1. The summed E-state index contributed by atoms with van der Waals surface area (Å²) in [5.74, 6) is 0.892. The van der Waals surface area contributed by atoms with Crippen molar-refractivity contribution < 1.29 is 9.57 Å². The number of nitrogens with one attached hydrogen (secondary N) is 1. The van der Waals surface area contributed by atoms with Gasteiger partial charge in [-0.3, -0.25) is 0 Å². The van der Waals surface area contributed by atoms with E-state index >= 15 is 0 Å². The van der Waals surface area contributed by atoms with Crippen molar-refractivity contribution in [3.05, 3.63) is 29.3 Å². The van der Waals surface area contributed by atoms with Crippen LogP contribution >= 0.6 is 0 Å². The van der Waals surface area contributed by atoms with E-state index in [1.165, 1.54) is 5.56 Å². The maximum Gasteiger partial charge on any atom is 0.123 e. The first-order valence-corrected chi connectivity index (χ1v) is 5.73. The van der Waals surface area contributed by atoms with Crippen LogP contribution in [0, 0.1) is 0 Å². The minimum atomic E-state index is 0.648. The van der Waals surface area contributed by atoms with Crippen LogP contribution in [0.4, 0.5) is 0 Å². The highest BCUT2D eigenvalue weighted by Crippen LogP contribution is 2.20. The second kappa shape index (κ2) is 7.27. The SMILES string of the molecule is CONCc1cc(CCN(C)C)ccc1OC. The predicted molar refractivity (Wildman–Crippen MR) is 69.1 cm³/mol. The van der Waals surface area contributed by atoms with Gasteiger partial charge in [0.15, 0.2) is 0 Å². The van der Waals surface area contributed by atoms with Gasteiger partial charge in [-0.1, -0.05) is 12.1 Å². The molecule has 0 spiro atoms. The maximum absolute atomic E-state index is 5.32. The Hall–Kier alpha value is -1.10. The number of hydrogen-bond acceptors (Lipinski definition) is 4. The van der Waals surface area contributed by atoms with Crippen LogP contribution in [0.5, 0.6) is 5.75 Å². The van der Waals surface area contributed by atoms with E-state index in [1.807, 2.05) is 6.07 Å². The Morgan fingerprint density at radius 1 is 1.24 bits per heavy atom. The van der Waals surface area contributed by atoms with Crippen molar-refractivity contribution in [2.45, 2.75) is 13.0 Å². The summed E-state index contributed by atoms with van der Waals surface area (Å²) in [5.41, 5.74) is 5.27. The van der Waals surface area contributed by atoms with Crippen LogP contribution in [0.3, 0.4) is 0 Å². The van der Waals surface area contributed by atoms with E-state index in [2.05, 4.69) is 36.6 Å². The highest BCUT2D eigenvalue weighted by Gasteiger charge is 2.04. The molecule has 0 aliphatic carbocycles. The molecular weight excluding hydrogens is 216 g/mol. The van der Waals surface area contributed by atoms with Gasteiger partial charge in [0.2, 0.25) is 0 Å². The van der Waals surface area contributed by atoms with Gasteiger partial charge in [0.05, 0.1) is 14.2 Å². The molecule has 1 aromatic rings. The van der Waals surface area contributed by atoms with Gasteiger partial charge in [-0.05, 0) is 32.1 Å². The molecule has 1 aromatic carbocycles. The standard InChI is InChI=1S/C13H22N2O2/c1-15(2)8-7-11-5-6-13(16-3)12(9-11)10-14-17-4/h5-6,9,14H,7-8,10H2,1-4H3. The van der Waals surface area contributed by atoms with E-state index in [-0.39, 0.29) is 0 Å². The normalized spacial score (nSPS) is 10.9. The van der Waals surface area contributed by atoms with Gasteiger partial charge in [-0.25, -0.2) is 0 Å². The highest BCUT2D eigenvalue weighted by atomic mass is 16.6. The molecule has 1 N–H and O–H groups in total. The molecule has 0 aliphatic heterocycles. The Balaban J connectivity index is 2.73. The number of methoxy groups -OCH3 is 1. The van der Waals surface area contributed by atoms with Crippen molar-refractivity contribution in [1.82, 2.24) is 10.4 Å². The largest absolute Gasteiger partial charge is 0.496 e. The summed E-state index contributed by atoms with van der Waals surface area (Å²) in [7, 11) is 7.46. The molecule has 0 amide bonds. The van der Waals surface area contributed by atoms with Crippen LogP contribution in [0.15, 0.2) is 18.2 Å². The molecule has 0 aromatic heterocycles. The molecule has 0 radical (unpaired) electrons. The molecule has 0 fully saturated rings. The van der Waals surface area contributed by atoms with E-state index in [0.29, 0.717) is 6.54 Å². The summed E-state index contributed by atoms with van der Waals surface area (Å²) < 4.78 is 5.32. The summed E-state index contributed by atoms with van der Waals surface area (Å²) in [4.78, 5) is 7.05. The lowest BCUT2D eigenvalue weighted by molar-refractivity contribution is 0.0861. The number of hydroxylamine groups is 1. The zero-order chi connectivity index (χ0) is 12.7. The van der Waals surface area contributed by atoms with Crippen molar-refractivity contribution in [1.29, 1.82) is 0 Å². The average molecular weight is 238 g/mol. The van der Waals surface area contributed by atoms with Gasteiger partial charge >= 0.3 is 0 Å². The van der Waals surface area contributed by atoms with E-state index in [1.54, 1.807) is 14.2 Å². The summed E-state index contributed by atoms with van der Waals surface area (Å²) in [6, 6.07) is 6.28. The molecule has 4 nitrogen and oxygen atoms in total. The number of rotatable bonds is 7. The highest BCUT2D eigenvalue weighted by molar-refractivity contribution is 5.37. The monoisotopic (exact) mass is 238 g/mol. The lowest BCUT2D eigenvalue weighted by atomic mass is 10.1. The number of hydrogen-bond donors (Lipinski definition) is 1. The molecule has 0 unspecified atom stereocenters. The first-order valence-electron chi connectivity index (χ1n) is 5.73. The third-order valence-corrected chi connectivity index (χ3v) is 2.60. The van der Waals surface area contributed by atoms with Gasteiger partial charge in [0.1, 0.15) is 5.75 Å². The number of nitrogens with zero attached hydrogens (tertiary/aromatic N) is 1. The molecule has 0 saturated heterocycles. The van der Waals surface area contributed by atoms with Crippen molar-refractivity contribution in [3.8, 4) is 5.75 Å². The van der Waals surface area contributed by atoms with Gasteiger partial charge in [-0.15, -0.1) is 0 Å². The minimum absolute atomic E-state index is 0.648. The van der Waals surface area contributed by atoms with Crippen LogP contribution in [-0.2, 0) is 17.8 Å². The summed E-state index contributed by atoms with van der Waals surface area (Å²) in [6.45, 7) is 1.69. The smallest absolute Gasteiger partial charge is 0.123 e. The first-order chi connectivity index (χ1) is 8.17. The van der Waals surface area contributed by atoms with Crippen molar-refractivity contribution in [2.75, 3.05) is 34.9 Å². The Morgan fingerprint density at radius 3 is 2.59 bits per heavy atom. The van der Waals surface area contributed by atoms with E-state index < -0.39 is 0 Å². The molecule has 0 heterocycles. The first kappa shape index (κ1) is 14.0.